The molecular formula is C21H21ClF3N5O2. The largest absolute Gasteiger partial charge is 0.573 e. The summed E-state index contributed by atoms with van der Waals surface area (Å²) in [7, 11) is 0. The van der Waals surface area contributed by atoms with Crippen molar-refractivity contribution in [1.82, 2.24) is 15.0 Å². The Balaban J connectivity index is 1.93. The first kappa shape index (κ1) is 23.6. The second-order valence-corrected chi connectivity index (χ2v) is 7.60. The first-order valence-electron chi connectivity index (χ1n) is 9.64. The number of hydrogen-bond donors (Lipinski definition) is 3. The van der Waals surface area contributed by atoms with E-state index < -0.39 is 12.1 Å². The minimum absolute atomic E-state index is 0.112. The number of anilines is 3. The van der Waals surface area contributed by atoms with Gasteiger partial charge < -0.3 is 20.5 Å². The summed E-state index contributed by atoms with van der Waals surface area (Å²) in [6.07, 6.45) is -1.59. The molecule has 1 aromatic carbocycles. The maximum absolute atomic E-state index is 12.5. The average Bonchev–Trinajstić information content (AvgIpc) is 2.73. The molecule has 2 aromatic heterocycles. The van der Waals surface area contributed by atoms with Gasteiger partial charge in [0.1, 0.15) is 11.6 Å². The summed E-state index contributed by atoms with van der Waals surface area (Å²) in [6.45, 7) is 3.79. The molecule has 0 radical (unpaired) electrons. The van der Waals surface area contributed by atoms with E-state index in [1.807, 2.05) is 13.8 Å². The highest BCUT2D eigenvalue weighted by Gasteiger charge is 2.32. The van der Waals surface area contributed by atoms with Gasteiger partial charge in [-0.1, -0.05) is 25.4 Å². The van der Waals surface area contributed by atoms with Crippen molar-refractivity contribution in [3.8, 4) is 17.0 Å². The van der Waals surface area contributed by atoms with E-state index in [1.165, 1.54) is 12.1 Å². The Morgan fingerprint density at radius 3 is 2.41 bits per heavy atom. The molecule has 32 heavy (non-hydrogen) atoms. The van der Waals surface area contributed by atoms with Crippen molar-refractivity contribution in [2.45, 2.75) is 26.3 Å². The molecule has 1 atom stereocenters. The van der Waals surface area contributed by atoms with Crippen LogP contribution in [0.4, 0.5) is 30.6 Å². The maximum Gasteiger partial charge on any atom is 0.573 e. The number of hydrogen-bond acceptors (Lipinski definition) is 7. The lowest BCUT2D eigenvalue weighted by Crippen LogP contribution is -2.30. The number of nitrogens with one attached hydrogen (secondary N) is 2. The van der Waals surface area contributed by atoms with Crippen LogP contribution in [0, 0.1) is 5.92 Å². The van der Waals surface area contributed by atoms with Crippen molar-refractivity contribution >= 4 is 29.1 Å². The lowest BCUT2D eigenvalue weighted by atomic mass is 10.1. The number of halogens is 4. The van der Waals surface area contributed by atoms with Gasteiger partial charge >= 0.3 is 6.36 Å². The van der Waals surface area contributed by atoms with E-state index in [2.05, 4.69) is 30.3 Å². The highest BCUT2D eigenvalue weighted by atomic mass is 35.5. The predicted octanol–water partition coefficient (Wildman–Crippen LogP) is 5.26. The summed E-state index contributed by atoms with van der Waals surface area (Å²) in [5.74, 6) is 0.257. The van der Waals surface area contributed by atoms with E-state index in [0.29, 0.717) is 17.2 Å². The van der Waals surface area contributed by atoms with Gasteiger partial charge in [-0.05, 0) is 36.2 Å². The van der Waals surface area contributed by atoms with E-state index in [1.54, 1.807) is 30.6 Å². The Morgan fingerprint density at radius 1 is 1.09 bits per heavy atom. The Morgan fingerprint density at radius 2 is 1.81 bits per heavy atom. The number of alkyl halides is 3. The van der Waals surface area contributed by atoms with Crippen molar-refractivity contribution in [3.05, 3.63) is 53.8 Å². The van der Waals surface area contributed by atoms with Crippen LogP contribution >= 0.6 is 11.6 Å². The first-order valence-corrected chi connectivity index (χ1v) is 10.0. The molecule has 3 rings (SSSR count). The lowest BCUT2D eigenvalue weighted by Gasteiger charge is -2.21. The Bertz CT molecular complexity index is 1050. The number of rotatable bonds is 8. The second kappa shape index (κ2) is 10.0. The summed E-state index contributed by atoms with van der Waals surface area (Å²) in [6, 6.07) is 8.77. The van der Waals surface area contributed by atoms with E-state index in [-0.39, 0.29) is 29.5 Å². The summed E-state index contributed by atoms with van der Waals surface area (Å²) in [5, 5.41) is 15.6. The van der Waals surface area contributed by atoms with Gasteiger partial charge in [0.25, 0.3) is 0 Å². The van der Waals surface area contributed by atoms with Gasteiger partial charge in [-0.2, -0.15) is 4.98 Å². The molecule has 170 valence electrons. The normalized spacial score (nSPS) is 12.5. The molecule has 7 nitrogen and oxygen atoms in total. The topological polar surface area (TPSA) is 92.2 Å². The minimum Gasteiger partial charge on any atom is -0.404 e. The van der Waals surface area contributed by atoms with Gasteiger partial charge in [0.05, 0.1) is 23.4 Å². The molecule has 3 N–H and O–H groups in total. The SMILES string of the molecule is CC(C)[C@H](CO)Nc1nc(Nc2ccc(OC(F)(F)F)c(Cl)c2)cc(-c2ccncc2)n1. The van der Waals surface area contributed by atoms with E-state index >= 15 is 0 Å². The van der Waals surface area contributed by atoms with Crippen LogP contribution in [0.5, 0.6) is 5.75 Å². The Hall–Kier alpha value is -3.11. The molecule has 0 fully saturated rings. The highest BCUT2D eigenvalue weighted by molar-refractivity contribution is 6.32. The molecule has 0 saturated carbocycles. The van der Waals surface area contributed by atoms with Crippen LogP contribution in [-0.2, 0) is 0 Å². The van der Waals surface area contributed by atoms with E-state index in [9.17, 15) is 18.3 Å². The van der Waals surface area contributed by atoms with Gasteiger partial charge in [-0.15, -0.1) is 13.2 Å². The van der Waals surface area contributed by atoms with Crippen LogP contribution in [0.15, 0.2) is 48.8 Å². The van der Waals surface area contributed by atoms with Crippen molar-refractivity contribution in [2.24, 2.45) is 5.92 Å². The van der Waals surface area contributed by atoms with Crippen molar-refractivity contribution in [3.63, 3.8) is 0 Å². The Kier molecular flexibility index (Phi) is 7.37. The lowest BCUT2D eigenvalue weighted by molar-refractivity contribution is -0.274. The fraction of sp³-hybridized carbons (Fsp3) is 0.286. The number of nitrogens with zero attached hydrogens (tertiary/aromatic N) is 3. The van der Waals surface area contributed by atoms with Gasteiger partial charge in [0.2, 0.25) is 5.95 Å². The van der Waals surface area contributed by atoms with Crippen LogP contribution < -0.4 is 15.4 Å². The van der Waals surface area contributed by atoms with Crippen LogP contribution in [0.25, 0.3) is 11.3 Å². The number of ether oxygens (including phenoxy) is 1. The predicted molar refractivity (Wildman–Crippen MR) is 116 cm³/mol. The zero-order chi connectivity index (χ0) is 23.3. The molecule has 0 unspecified atom stereocenters. The van der Waals surface area contributed by atoms with Crippen LogP contribution in [0.2, 0.25) is 5.02 Å². The van der Waals surface area contributed by atoms with E-state index in [0.717, 1.165) is 11.6 Å². The molecule has 0 aliphatic rings. The highest BCUT2D eigenvalue weighted by Crippen LogP contribution is 2.33. The van der Waals surface area contributed by atoms with Gasteiger partial charge in [0, 0.05) is 29.7 Å². The molecule has 0 bridgehead atoms. The fourth-order valence-corrected chi connectivity index (χ4v) is 2.99. The molecule has 0 saturated heterocycles. The zero-order valence-corrected chi connectivity index (χ0v) is 17.9. The summed E-state index contributed by atoms with van der Waals surface area (Å²) in [5.41, 5.74) is 1.76. The third kappa shape index (κ3) is 6.44. The van der Waals surface area contributed by atoms with Crippen LogP contribution in [0.3, 0.4) is 0 Å². The smallest absolute Gasteiger partial charge is 0.404 e. The molecule has 0 amide bonds. The van der Waals surface area contributed by atoms with E-state index in [4.69, 9.17) is 11.6 Å². The Labute approximate surface area is 187 Å². The van der Waals surface area contributed by atoms with Crippen molar-refractivity contribution in [1.29, 1.82) is 0 Å². The molecule has 3 aromatic rings. The average molecular weight is 468 g/mol. The summed E-state index contributed by atoms with van der Waals surface area (Å²) >= 11 is 5.94. The zero-order valence-electron chi connectivity index (χ0n) is 17.2. The van der Waals surface area contributed by atoms with Crippen molar-refractivity contribution in [2.75, 3.05) is 17.2 Å². The van der Waals surface area contributed by atoms with Gasteiger partial charge in [-0.25, -0.2) is 4.98 Å². The number of benzene rings is 1. The fourth-order valence-electron chi connectivity index (χ4n) is 2.77. The molecule has 0 spiro atoms. The van der Waals surface area contributed by atoms with Gasteiger partial charge in [-0.3, -0.25) is 4.98 Å². The number of pyridine rings is 1. The minimum atomic E-state index is -4.84. The molecule has 2 heterocycles. The monoisotopic (exact) mass is 467 g/mol. The third-order valence-electron chi connectivity index (χ3n) is 4.45. The number of aromatic nitrogens is 3. The first-order chi connectivity index (χ1) is 15.1. The summed E-state index contributed by atoms with van der Waals surface area (Å²) < 4.78 is 41.3. The molecule has 0 aliphatic carbocycles. The number of aliphatic hydroxyl groups is 1. The quantitative estimate of drug-likeness (QED) is 0.416. The summed E-state index contributed by atoms with van der Waals surface area (Å²) in [4.78, 5) is 12.9. The number of aliphatic hydroxyl groups excluding tert-OH is 1. The molecular weight excluding hydrogens is 447 g/mol. The third-order valence-corrected chi connectivity index (χ3v) is 4.74. The van der Waals surface area contributed by atoms with Crippen LogP contribution in [0.1, 0.15) is 13.8 Å². The van der Waals surface area contributed by atoms with Crippen LogP contribution in [-0.4, -0.2) is 39.1 Å². The van der Waals surface area contributed by atoms with Gasteiger partial charge in [0.15, 0.2) is 0 Å². The standard InChI is InChI=1S/C21H21ClF3N5O2/c1-12(2)17(11-31)29-20-28-16(13-5-7-26-8-6-13)10-19(30-20)27-14-3-4-18(15(22)9-14)32-21(23,24)25/h3-10,12,17,31H,11H2,1-2H3,(H2,27,28,29,30)/t17-/m0/s1. The second-order valence-electron chi connectivity index (χ2n) is 7.19. The maximum atomic E-state index is 12.5. The molecule has 11 heteroatoms. The van der Waals surface area contributed by atoms with Crippen molar-refractivity contribution < 1.29 is 23.0 Å². The molecule has 0 aliphatic heterocycles.